The molecule has 3 heterocycles. The molecule has 142 valence electrons. The Bertz CT molecular complexity index is 646. The van der Waals surface area contributed by atoms with E-state index >= 15 is 0 Å². The Balaban J connectivity index is 0.00000156. The summed E-state index contributed by atoms with van der Waals surface area (Å²) in [5.41, 5.74) is 1.02. The molecular formula is C15H24Cl2N4O3S. The quantitative estimate of drug-likeness (QED) is 0.762. The summed E-state index contributed by atoms with van der Waals surface area (Å²) in [7, 11) is -2.91. The lowest BCUT2D eigenvalue weighted by atomic mass is 10.1. The zero-order chi connectivity index (χ0) is 16.3. The number of nitrogens with one attached hydrogen (secondary N) is 1. The third-order valence-corrected chi connectivity index (χ3v) is 6.04. The maximum atomic E-state index is 12.7. The van der Waals surface area contributed by atoms with E-state index in [2.05, 4.69) is 10.3 Å². The minimum atomic E-state index is -2.91. The number of sulfone groups is 1. The van der Waals surface area contributed by atoms with E-state index in [1.165, 1.54) is 0 Å². The van der Waals surface area contributed by atoms with Gasteiger partial charge >= 0.3 is 0 Å². The van der Waals surface area contributed by atoms with Gasteiger partial charge in [0.15, 0.2) is 9.84 Å². The average Bonchev–Trinajstić information content (AvgIpc) is 2.57. The summed E-state index contributed by atoms with van der Waals surface area (Å²) < 4.78 is 23.0. The van der Waals surface area contributed by atoms with Crippen LogP contribution >= 0.6 is 24.8 Å². The molecule has 7 nitrogen and oxygen atoms in total. The molecule has 0 aromatic carbocycles. The fraction of sp³-hybridized carbons (Fsp3) is 0.600. The van der Waals surface area contributed by atoms with Gasteiger partial charge in [-0.05, 0) is 11.6 Å². The standard InChI is InChI=1S/C15H22N4O3S.2ClH/c20-15(12-18-6-8-23(21,22)9-7-18)19-5-4-17-11-14(19)13-2-1-3-16-10-13;;/h1-3,10,14,17H,4-9,11-12H2;2*1H. The van der Waals surface area contributed by atoms with Crippen LogP contribution in [0.5, 0.6) is 0 Å². The van der Waals surface area contributed by atoms with Crippen LogP contribution in [0.4, 0.5) is 0 Å². The second-order valence-electron chi connectivity index (χ2n) is 6.02. The third kappa shape index (κ3) is 5.79. The summed E-state index contributed by atoms with van der Waals surface area (Å²) >= 11 is 0. The van der Waals surface area contributed by atoms with Gasteiger partial charge in [-0.1, -0.05) is 6.07 Å². The molecule has 0 spiro atoms. The summed E-state index contributed by atoms with van der Waals surface area (Å²) in [6.07, 6.45) is 3.52. The van der Waals surface area contributed by atoms with Crippen molar-refractivity contribution < 1.29 is 13.2 Å². The van der Waals surface area contributed by atoms with Gasteiger partial charge in [0.25, 0.3) is 0 Å². The second kappa shape index (κ2) is 9.68. The molecule has 3 rings (SSSR count). The van der Waals surface area contributed by atoms with Gasteiger partial charge in [0.05, 0.1) is 24.1 Å². The first-order valence-electron chi connectivity index (χ1n) is 7.88. The van der Waals surface area contributed by atoms with Crippen molar-refractivity contribution >= 4 is 40.6 Å². The number of aromatic nitrogens is 1. The highest BCUT2D eigenvalue weighted by Gasteiger charge is 2.30. The van der Waals surface area contributed by atoms with E-state index in [9.17, 15) is 13.2 Å². The Morgan fingerprint density at radius 2 is 1.96 bits per heavy atom. The van der Waals surface area contributed by atoms with Crippen molar-refractivity contribution in [3.05, 3.63) is 30.1 Å². The molecule has 0 bridgehead atoms. The molecule has 1 aromatic heterocycles. The van der Waals surface area contributed by atoms with Gasteiger partial charge in [-0.25, -0.2) is 8.42 Å². The highest BCUT2D eigenvalue weighted by molar-refractivity contribution is 7.91. The topological polar surface area (TPSA) is 82.6 Å². The minimum absolute atomic E-state index is 0. The average molecular weight is 411 g/mol. The summed E-state index contributed by atoms with van der Waals surface area (Å²) in [5, 5.41) is 3.32. The van der Waals surface area contributed by atoms with Gasteiger partial charge in [0.1, 0.15) is 0 Å². The first-order valence-corrected chi connectivity index (χ1v) is 9.70. The van der Waals surface area contributed by atoms with Crippen LogP contribution in [0, 0.1) is 0 Å². The van der Waals surface area contributed by atoms with Gasteiger partial charge < -0.3 is 10.2 Å². The Morgan fingerprint density at radius 3 is 2.60 bits per heavy atom. The van der Waals surface area contributed by atoms with E-state index < -0.39 is 9.84 Å². The first kappa shape index (κ1) is 22.1. The van der Waals surface area contributed by atoms with Gasteiger partial charge in [0, 0.05) is 45.1 Å². The number of halogens is 2. The Morgan fingerprint density at radius 1 is 1.24 bits per heavy atom. The zero-order valence-electron chi connectivity index (χ0n) is 13.8. The minimum Gasteiger partial charge on any atom is -0.332 e. The van der Waals surface area contributed by atoms with Gasteiger partial charge in [-0.15, -0.1) is 24.8 Å². The fourth-order valence-corrected chi connectivity index (χ4v) is 4.34. The van der Waals surface area contributed by atoms with E-state index in [4.69, 9.17) is 0 Å². The molecule has 25 heavy (non-hydrogen) atoms. The van der Waals surface area contributed by atoms with Crippen molar-refractivity contribution in [2.24, 2.45) is 0 Å². The third-order valence-electron chi connectivity index (χ3n) is 4.43. The van der Waals surface area contributed by atoms with E-state index in [1.54, 1.807) is 12.4 Å². The predicted octanol–water partition coefficient (Wildman–Crippen LogP) is 0.129. The maximum absolute atomic E-state index is 12.7. The van der Waals surface area contributed by atoms with E-state index in [-0.39, 0.29) is 54.8 Å². The predicted molar refractivity (Wildman–Crippen MR) is 101 cm³/mol. The van der Waals surface area contributed by atoms with Crippen molar-refractivity contribution in [3.8, 4) is 0 Å². The lowest BCUT2D eigenvalue weighted by molar-refractivity contribution is -0.135. The highest BCUT2D eigenvalue weighted by Crippen LogP contribution is 2.21. The van der Waals surface area contributed by atoms with Crippen LogP contribution in [0.15, 0.2) is 24.5 Å². The number of rotatable bonds is 3. The number of carbonyl (C=O) groups excluding carboxylic acids is 1. The van der Waals surface area contributed by atoms with E-state index in [1.807, 2.05) is 21.9 Å². The van der Waals surface area contributed by atoms with E-state index in [0.717, 1.165) is 12.1 Å². The van der Waals surface area contributed by atoms with E-state index in [0.29, 0.717) is 26.2 Å². The van der Waals surface area contributed by atoms with Crippen molar-refractivity contribution in [2.45, 2.75) is 6.04 Å². The smallest absolute Gasteiger partial charge is 0.237 e. The van der Waals surface area contributed by atoms with Crippen LogP contribution in [0.3, 0.4) is 0 Å². The number of piperazine rings is 1. The van der Waals surface area contributed by atoms with Gasteiger partial charge in [-0.2, -0.15) is 0 Å². The number of carbonyl (C=O) groups is 1. The highest BCUT2D eigenvalue weighted by atomic mass is 35.5. The van der Waals surface area contributed by atoms with Crippen molar-refractivity contribution in [1.29, 1.82) is 0 Å². The normalized spacial score (nSPS) is 23.2. The van der Waals surface area contributed by atoms with Gasteiger partial charge in [-0.3, -0.25) is 14.7 Å². The fourth-order valence-electron chi connectivity index (χ4n) is 3.06. The molecule has 0 saturated carbocycles. The summed E-state index contributed by atoms with van der Waals surface area (Å²) in [6, 6.07) is 3.85. The first-order chi connectivity index (χ1) is 11.1. The molecule has 1 N–H and O–H groups in total. The molecule has 1 amide bonds. The Hall–Kier alpha value is -0.930. The van der Waals surface area contributed by atoms with Crippen LogP contribution in [0.1, 0.15) is 11.6 Å². The van der Waals surface area contributed by atoms with Gasteiger partial charge in [0.2, 0.25) is 5.91 Å². The Kier molecular flexibility index (Phi) is 8.56. The van der Waals surface area contributed by atoms with Crippen LogP contribution in [0.2, 0.25) is 0 Å². The number of nitrogens with zero attached hydrogens (tertiary/aromatic N) is 3. The summed E-state index contributed by atoms with van der Waals surface area (Å²) in [5.74, 6) is 0.349. The molecule has 0 aliphatic carbocycles. The monoisotopic (exact) mass is 410 g/mol. The number of hydrogen-bond donors (Lipinski definition) is 1. The lowest BCUT2D eigenvalue weighted by Crippen LogP contribution is -2.52. The molecule has 2 aliphatic heterocycles. The SMILES string of the molecule is Cl.Cl.O=C(CN1CCS(=O)(=O)CC1)N1CCNCC1c1cccnc1. The van der Waals surface area contributed by atoms with Crippen LogP contribution < -0.4 is 5.32 Å². The number of pyridine rings is 1. The molecule has 0 radical (unpaired) electrons. The Labute approximate surface area is 160 Å². The second-order valence-corrected chi connectivity index (χ2v) is 8.33. The number of hydrogen-bond acceptors (Lipinski definition) is 6. The molecule has 1 atom stereocenters. The zero-order valence-corrected chi connectivity index (χ0v) is 16.3. The molecule has 2 aliphatic rings. The van der Waals surface area contributed by atoms with Crippen molar-refractivity contribution in [1.82, 2.24) is 20.1 Å². The maximum Gasteiger partial charge on any atom is 0.237 e. The molecule has 10 heteroatoms. The van der Waals surface area contributed by atoms with Crippen molar-refractivity contribution in [3.63, 3.8) is 0 Å². The van der Waals surface area contributed by atoms with Crippen molar-refractivity contribution in [2.75, 3.05) is 50.8 Å². The molecule has 2 fully saturated rings. The molecule has 1 aromatic rings. The summed E-state index contributed by atoms with van der Waals surface area (Å²) in [6.45, 7) is 3.31. The molecular weight excluding hydrogens is 387 g/mol. The largest absolute Gasteiger partial charge is 0.332 e. The summed E-state index contributed by atoms with van der Waals surface area (Å²) in [4.78, 5) is 20.7. The van der Waals surface area contributed by atoms with Crippen LogP contribution in [-0.2, 0) is 14.6 Å². The molecule has 2 saturated heterocycles. The van der Waals surface area contributed by atoms with Crippen LogP contribution in [0.25, 0.3) is 0 Å². The number of amides is 1. The lowest BCUT2D eigenvalue weighted by Gasteiger charge is -2.38. The molecule has 1 unspecified atom stereocenters. The van der Waals surface area contributed by atoms with Crippen LogP contribution in [-0.4, -0.2) is 79.9 Å².